The molecule has 4 aromatic carbocycles. The molecule has 52 heavy (non-hydrogen) atoms. The number of hydrogen-bond donors (Lipinski definition) is 3. The van der Waals surface area contributed by atoms with E-state index in [1.54, 1.807) is 31.2 Å². The first-order chi connectivity index (χ1) is 24.6. The van der Waals surface area contributed by atoms with Crippen molar-refractivity contribution in [3.05, 3.63) is 108 Å². The smallest absolute Gasteiger partial charge is 0.416 e. The Labute approximate surface area is 300 Å². The topological polar surface area (TPSA) is 138 Å². The second kappa shape index (κ2) is 16.0. The van der Waals surface area contributed by atoms with Gasteiger partial charge in [0.15, 0.2) is 0 Å². The predicted octanol–water partition coefficient (Wildman–Crippen LogP) is 6.61. The van der Waals surface area contributed by atoms with E-state index in [0.717, 1.165) is 12.1 Å². The Kier molecular flexibility index (Phi) is 11.8. The number of halogens is 3. The summed E-state index contributed by atoms with van der Waals surface area (Å²) in [4.78, 5) is 27.9. The normalized spacial score (nSPS) is 17.2. The van der Waals surface area contributed by atoms with Gasteiger partial charge in [0.2, 0.25) is 15.9 Å². The maximum Gasteiger partial charge on any atom is 0.416 e. The van der Waals surface area contributed by atoms with E-state index in [1.807, 2.05) is 25.1 Å². The van der Waals surface area contributed by atoms with E-state index in [4.69, 9.17) is 9.47 Å². The van der Waals surface area contributed by atoms with E-state index in [-0.39, 0.29) is 54.0 Å². The summed E-state index contributed by atoms with van der Waals surface area (Å²) in [6.07, 6.45) is -5.52. The third-order valence-electron chi connectivity index (χ3n) is 8.57. The quantitative estimate of drug-likeness (QED) is 0.166. The third kappa shape index (κ3) is 9.40. The van der Waals surface area contributed by atoms with Crippen LogP contribution < -0.4 is 20.1 Å². The van der Waals surface area contributed by atoms with Crippen LogP contribution in [0.5, 0.6) is 17.2 Å². The lowest BCUT2D eigenvalue weighted by Gasteiger charge is -2.33. The Morgan fingerprint density at radius 2 is 1.63 bits per heavy atom. The van der Waals surface area contributed by atoms with Crippen molar-refractivity contribution in [2.45, 2.75) is 43.5 Å². The zero-order valence-electron chi connectivity index (χ0n) is 28.6. The number of carbonyl (C=O) groups excluding carboxylic acids is 2. The molecule has 0 aromatic heterocycles. The van der Waals surface area contributed by atoms with Gasteiger partial charge >= 0.3 is 12.2 Å². The lowest BCUT2D eigenvalue weighted by atomic mass is 10.0. The molecule has 0 fully saturated rings. The summed E-state index contributed by atoms with van der Waals surface area (Å²) in [6, 6.07) is 22.4. The number of anilines is 2. The fraction of sp³-hybridized carbons (Fsp3) is 0.297. The zero-order valence-corrected chi connectivity index (χ0v) is 29.4. The highest BCUT2D eigenvalue weighted by atomic mass is 32.2. The molecule has 4 aromatic rings. The second-order valence-electron chi connectivity index (χ2n) is 12.5. The van der Waals surface area contributed by atoms with Crippen molar-refractivity contribution in [3.8, 4) is 17.2 Å². The number of nitrogens with one attached hydrogen (secondary N) is 2. The van der Waals surface area contributed by atoms with Gasteiger partial charge in [-0.3, -0.25) is 4.79 Å². The van der Waals surface area contributed by atoms with Crippen LogP contribution in [0.1, 0.15) is 25.0 Å². The Bertz CT molecular complexity index is 1980. The molecule has 0 bridgehead atoms. The first-order valence-corrected chi connectivity index (χ1v) is 17.8. The van der Waals surface area contributed by atoms with Gasteiger partial charge in [-0.2, -0.15) is 17.5 Å². The van der Waals surface area contributed by atoms with Crippen LogP contribution in [0.15, 0.2) is 102 Å². The highest BCUT2D eigenvalue weighted by Crippen LogP contribution is 2.32. The van der Waals surface area contributed by atoms with Crippen LogP contribution >= 0.6 is 0 Å². The minimum absolute atomic E-state index is 0.0383. The molecular weight excluding hydrogens is 701 g/mol. The van der Waals surface area contributed by atoms with Crippen LogP contribution in [0.4, 0.5) is 29.3 Å². The van der Waals surface area contributed by atoms with Gasteiger partial charge in [0.1, 0.15) is 23.4 Å². The van der Waals surface area contributed by atoms with Crippen molar-refractivity contribution in [1.82, 2.24) is 9.21 Å². The average molecular weight is 741 g/mol. The monoisotopic (exact) mass is 740 g/mol. The summed E-state index contributed by atoms with van der Waals surface area (Å²) >= 11 is 0. The maximum atomic E-state index is 13.7. The Morgan fingerprint density at radius 3 is 2.29 bits per heavy atom. The molecule has 5 rings (SSSR count). The van der Waals surface area contributed by atoms with Crippen molar-refractivity contribution in [2.24, 2.45) is 5.92 Å². The first-order valence-electron chi connectivity index (χ1n) is 16.4. The zero-order chi connectivity index (χ0) is 37.6. The third-order valence-corrected chi connectivity index (χ3v) is 10.4. The number of likely N-dealkylation sites (N-methyl/N-ethyl adjacent to an activating group) is 1. The number of nitrogens with zero attached hydrogens (tertiary/aromatic N) is 2. The molecule has 3 N–H and O–H groups in total. The van der Waals surface area contributed by atoms with Gasteiger partial charge in [0.25, 0.3) is 0 Å². The average Bonchev–Trinajstić information content (AvgIpc) is 3.15. The molecule has 0 unspecified atom stereocenters. The van der Waals surface area contributed by atoms with Crippen LogP contribution in [0, 0.1) is 5.92 Å². The SMILES string of the molecule is C[C@H]1CN([C@@H](C)CO)C(=O)Cc2cc(NC(=O)Nc3cccc(C(F)(F)F)c3)ccc2O[C@H]1CN(C)S(=O)(=O)c1ccc(Oc2ccccc2)cc1. The lowest BCUT2D eigenvalue weighted by molar-refractivity contribution is -0.137. The molecule has 1 aliphatic rings. The summed E-state index contributed by atoms with van der Waals surface area (Å²) in [6.45, 7) is 3.26. The van der Waals surface area contributed by atoms with E-state index in [9.17, 15) is 36.3 Å². The van der Waals surface area contributed by atoms with Crippen LogP contribution in [-0.2, 0) is 27.4 Å². The highest BCUT2D eigenvalue weighted by Gasteiger charge is 2.34. The fourth-order valence-electron chi connectivity index (χ4n) is 5.63. The minimum atomic E-state index is -4.59. The molecular formula is C37H39F3N4O7S. The molecule has 0 saturated carbocycles. The van der Waals surface area contributed by atoms with Crippen molar-refractivity contribution < 1.29 is 45.8 Å². The summed E-state index contributed by atoms with van der Waals surface area (Å²) < 4.78 is 80.2. The van der Waals surface area contributed by atoms with E-state index in [0.29, 0.717) is 17.1 Å². The highest BCUT2D eigenvalue weighted by molar-refractivity contribution is 7.89. The molecule has 0 saturated heterocycles. The number of urea groups is 1. The minimum Gasteiger partial charge on any atom is -0.488 e. The maximum absolute atomic E-state index is 13.7. The number of para-hydroxylation sites is 1. The van der Waals surface area contributed by atoms with E-state index < -0.39 is 45.9 Å². The van der Waals surface area contributed by atoms with E-state index >= 15 is 0 Å². The predicted molar refractivity (Wildman–Crippen MR) is 189 cm³/mol. The van der Waals surface area contributed by atoms with Gasteiger partial charge < -0.3 is 30.1 Å². The van der Waals surface area contributed by atoms with E-state index in [1.165, 1.54) is 58.7 Å². The standard InChI is InChI=1S/C37H39F3N4O7S/c1-24-21-44(25(2)23-45)35(46)19-26-18-29(42-36(47)41-28-9-7-8-27(20-28)37(38,39)40)12-17-33(26)51-34(24)22-43(3)52(48,49)32-15-13-31(14-16-32)50-30-10-5-4-6-11-30/h4-18,20,24-25,34,45H,19,21-23H2,1-3H3,(H2,41,42,47)/t24-,25-,34-/m0/s1. The second-order valence-corrected chi connectivity index (χ2v) is 14.6. The van der Waals surface area contributed by atoms with Gasteiger partial charge in [-0.1, -0.05) is 31.2 Å². The summed E-state index contributed by atoms with van der Waals surface area (Å²) in [5.41, 5.74) is -0.400. The number of benzene rings is 4. The molecule has 276 valence electrons. The molecule has 0 spiro atoms. The molecule has 11 nitrogen and oxygen atoms in total. The van der Waals surface area contributed by atoms with Gasteiger partial charge in [-0.05, 0) is 79.7 Å². The molecule has 0 aliphatic carbocycles. The summed E-state index contributed by atoms with van der Waals surface area (Å²) in [5.74, 6) is 0.608. The molecule has 1 aliphatic heterocycles. The molecule has 15 heteroatoms. The number of alkyl halides is 3. The Balaban J connectivity index is 1.36. The van der Waals surface area contributed by atoms with Crippen LogP contribution in [-0.4, -0.2) is 73.6 Å². The number of aliphatic hydroxyl groups is 1. The summed E-state index contributed by atoms with van der Waals surface area (Å²) in [7, 11) is -2.57. The largest absolute Gasteiger partial charge is 0.488 e. The van der Waals surface area contributed by atoms with E-state index in [2.05, 4.69) is 10.6 Å². The number of rotatable bonds is 10. The molecule has 3 atom stereocenters. The first kappa shape index (κ1) is 38.1. The summed E-state index contributed by atoms with van der Waals surface area (Å²) in [5, 5.41) is 14.9. The number of amides is 3. The Morgan fingerprint density at radius 1 is 0.981 bits per heavy atom. The number of ether oxygens (including phenoxy) is 2. The van der Waals surface area contributed by atoms with Crippen LogP contribution in [0.3, 0.4) is 0 Å². The van der Waals surface area contributed by atoms with Crippen LogP contribution in [0.25, 0.3) is 0 Å². The molecule has 1 heterocycles. The van der Waals surface area contributed by atoms with Crippen molar-refractivity contribution in [3.63, 3.8) is 0 Å². The Hall–Kier alpha value is -5.12. The van der Waals surface area contributed by atoms with Gasteiger partial charge in [-0.25, -0.2) is 13.2 Å². The molecule has 0 radical (unpaired) electrons. The number of sulfonamides is 1. The number of carbonyl (C=O) groups is 2. The number of fused-ring (bicyclic) bond motifs is 1. The lowest BCUT2D eigenvalue weighted by Crippen LogP contribution is -2.48. The molecule has 3 amide bonds. The van der Waals surface area contributed by atoms with Gasteiger partial charge in [0.05, 0.1) is 36.1 Å². The van der Waals surface area contributed by atoms with Crippen LogP contribution in [0.2, 0.25) is 0 Å². The van der Waals surface area contributed by atoms with Gasteiger partial charge in [-0.15, -0.1) is 0 Å². The van der Waals surface area contributed by atoms with Crippen molar-refractivity contribution in [2.75, 3.05) is 37.4 Å². The van der Waals surface area contributed by atoms with Crippen molar-refractivity contribution in [1.29, 1.82) is 0 Å². The number of hydrogen-bond acceptors (Lipinski definition) is 7. The fourth-order valence-corrected chi connectivity index (χ4v) is 6.81. The van der Waals surface area contributed by atoms with Gasteiger partial charge in [0, 0.05) is 36.4 Å². The van der Waals surface area contributed by atoms with Crippen molar-refractivity contribution >= 4 is 33.3 Å². The number of aliphatic hydroxyl groups excluding tert-OH is 1.